The van der Waals surface area contributed by atoms with Crippen LogP contribution in [-0.2, 0) is 28.6 Å². The highest BCUT2D eigenvalue weighted by Crippen LogP contribution is 2.48. The number of ether oxygens (including phenoxy) is 4. The fourth-order valence-electron chi connectivity index (χ4n) is 8.38. The van der Waals surface area contributed by atoms with Gasteiger partial charge in [-0.1, -0.05) is 29.8 Å². The van der Waals surface area contributed by atoms with Crippen molar-refractivity contribution < 1.29 is 56.9 Å². The van der Waals surface area contributed by atoms with Crippen LogP contribution in [0.1, 0.15) is 78.1 Å². The van der Waals surface area contributed by atoms with Gasteiger partial charge in [0.2, 0.25) is 17.7 Å². The molecule has 2 aliphatic heterocycles. The molecule has 0 radical (unpaired) electrons. The monoisotopic (exact) mass is 1020 g/mol. The second-order valence-corrected chi connectivity index (χ2v) is 17.9. The number of rotatable bonds is 21. The molecule has 0 saturated carbocycles. The van der Waals surface area contributed by atoms with E-state index in [1.54, 1.807) is 56.0 Å². The van der Waals surface area contributed by atoms with Gasteiger partial charge in [-0.15, -0.1) is 0 Å². The smallest absolute Gasteiger partial charge is 0.415 e. The number of nitrogens with one attached hydrogen (secondary N) is 5. The molecule has 4 heterocycles. The summed E-state index contributed by atoms with van der Waals surface area (Å²) in [5, 5.41) is 12.2. The molecule has 0 aliphatic carbocycles. The maximum Gasteiger partial charge on any atom is 0.415 e. The number of primary amides is 1. The number of likely N-dealkylation sites (N-methyl/N-ethyl adjacent to an activating group) is 1. The third kappa shape index (κ3) is 12.7. The highest BCUT2D eigenvalue weighted by atomic mass is 79.9. The molecule has 2 aromatic carbocycles. The molecule has 2 aliphatic rings. The summed E-state index contributed by atoms with van der Waals surface area (Å²) in [6.07, 6.45) is -0.161. The molecule has 3 atom stereocenters. The largest absolute Gasteiger partial charge is 0.465 e. The van der Waals surface area contributed by atoms with Crippen LogP contribution in [0.15, 0.2) is 34.7 Å². The van der Waals surface area contributed by atoms with Gasteiger partial charge < -0.3 is 70.0 Å². The quantitative estimate of drug-likeness (QED) is 0.0386. The molecule has 2 unspecified atom stereocenters. The minimum absolute atomic E-state index is 0.0158. The molecule has 1 fully saturated rings. The Labute approximate surface area is 407 Å². The van der Waals surface area contributed by atoms with Gasteiger partial charge in [-0.05, 0) is 69.5 Å². The number of nitrogens with two attached hydrogens (primary N) is 1. The molecule has 21 nitrogen and oxygen atoms in total. The van der Waals surface area contributed by atoms with Crippen LogP contribution in [0.4, 0.5) is 21.0 Å². The van der Waals surface area contributed by atoms with E-state index in [-0.39, 0.29) is 67.9 Å². The van der Waals surface area contributed by atoms with Gasteiger partial charge in [0.1, 0.15) is 17.7 Å². The van der Waals surface area contributed by atoms with Crippen molar-refractivity contribution in [3.63, 3.8) is 0 Å². The van der Waals surface area contributed by atoms with Crippen LogP contribution in [0.5, 0.6) is 5.75 Å². The number of fused-ring (bicyclic) bond motifs is 4. The summed E-state index contributed by atoms with van der Waals surface area (Å²) in [6, 6.07) is 5.20. The number of carbonyl (C=O) groups is 7. The van der Waals surface area contributed by atoms with Crippen LogP contribution in [0.25, 0.3) is 21.9 Å². The topological polar surface area (TPSA) is 269 Å². The molecular formula is C47H62BrN9O12. The zero-order chi connectivity index (χ0) is 49.9. The Morgan fingerprint density at radius 3 is 2.39 bits per heavy atom. The number of urea groups is 1. The third-order valence-electron chi connectivity index (χ3n) is 12.0. The first-order chi connectivity index (χ1) is 33.0. The lowest BCUT2D eigenvalue weighted by Gasteiger charge is -2.31. The number of nitrogens with zero attached hydrogens (tertiary/aromatic N) is 3. The van der Waals surface area contributed by atoms with E-state index in [9.17, 15) is 33.6 Å². The van der Waals surface area contributed by atoms with Gasteiger partial charge in [-0.25, -0.2) is 14.4 Å². The lowest BCUT2D eigenvalue weighted by atomic mass is 9.95. The summed E-state index contributed by atoms with van der Waals surface area (Å²) in [7, 11) is 3.26. The molecule has 7 amide bonds. The van der Waals surface area contributed by atoms with E-state index >= 15 is 0 Å². The SMILES string of the molecule is CCOCCOCCC(=O)NC(C(=O)NC(CCCNC(N)=O)C(=O)Nc1ccc2oc(C(=O)N3C[C@@H](CBr)c4c3cc(OC(=O)N3CCN(C)CC3)c3[nH]c(C)c(C(=O)OC)c43)cc2c1)C(C)C. The van der Waals surface area contributed by atoms with Crippen molar-refractivity contribution in [2.45, 2.75) is 65.0 Å². The zero-order valence-electron chi connectivity index (χ0n) is 39.8. The van der Waals surface area contributed by atoms with Crippen LogP contribution in [0, 0.1) is 12.8 Å². The Balaban J connectivity index is 1.23. The number of aromatic nitrogens is 1. The van der Waals surface area contributed by atoms with Crippen molar-refractivity contribution >= 4 is 90.9 Å². The van der Waals surface area contributed by atoms with E-state index < -0.39 is 53.8 Å². The molecule has 0 spiro atoms. The third-order valence-corrected chi connectivity index (χ3v) is 12.8. The molecule has 4 aromatic rings. The second-order valence-electron chi connectivity index (χ2n) is 17.3. The fourth-order valence-corrected chi connectivity index (χ4v) is 8.91. The Morgan fingerprint density at radius 2 is 1.71 bits per heavy atom. The molecule has 374 valence electrons. The standard InChI is InChI=1S/C47H62BrN9O12/c1-7-66-19-20-67-18-12-36(58)54-40(26(2)3)43(60)53-31(9-8-13-50-46(49)63)42(59)52-30-10-11-33-28(21-30)22-35(68-33)44(61)57-25-29(24-48)38-32(57)23-34(69-47(64)56-16-14-55(5)15-17-56)41-39(38)37(27(4)51-41)45(62)65-6/h10-11,21-23,26,29,31,40,51H,7-9,12-20,24-25H2,1-6H3,(H,52,59)(H,53,60)(H,54,58)(H3,49,50,63)/t29-,31?,40?/m1/s1. The van der Waals surface area contributed by atoms with Crippen molar-refractivity contribution in [3.8, 4) is 5.75 Å². The molecule has 22 heteroatoms. The number of H-pyrrole nitrogens is 1. The first kappa shape index (κ1) is 52.1. The maximum absolute atomic E-state index is 14.6. The van der Waals surface area contributed by atoms with E-state index in [1.807, 2.05) is 14.0 Å². The first-order valence-electron chi connectivity index (χ1n) is 23.0. The van der Waals surface area contributed by atoms with Crippen molar-refractivity contribution in [3.05, 3.63) is 52.9 Å². The van der Waals surface area contributed by atoms with Crippen LogP contribution < -0.4 is 36.6 Å². The fraction of sp³-hybridized carbons (Fsp3) is 0.511. The average molecular weight is 1020 g/mol. The lowest BCUT2D eigenvalue weighted by Crippen LogP contribution is -2.54. The molecule has 7 N–H and O–H groups in total. The maximum atomic E-state index is 14.6. The predicted octanol–water partition coefficient (Wildman–Crippen LogP) is 4.35. The van der Waals surface area contributed by atoms with Crippen LogP contribution in [-0.4, -0.2) is 154 Å². The van der Waals surface area contributed by atoms with E-state index in [0.717, 1.165) is 0 Å². The van der Waals surface area contributed by atoms with Crippen LogP contribution in [0.2, 0.25) is 0 Å². The van der Waals surface area contributed by atoms with E-state index in [1.165, 1.54) is 12.0 Å². The van der Waals surface area contributed by atoms with Crippen molar-refractivity contribution in [1.29, 1.82) is 0 Å². The summed E-state index contributed by atoms with van der Waals surface area (Å²) < 4.78 is 28.0. The minimum atomic E-state index is -1.09. The van der Waals surface area contributed by atoms with E-state index in [4.69, 9.17) is 29.1 Å². The number of carbonyl (C=O) groups excluding carboxylic acids is 7. The molecule has 69 heavy (non-hydrogen) atoms. The number of methoxy groups -OCH3 is 1. The molecule has 6 rings (SSSR count). The van der Waals surface area contributed by atoms with Crippen molar-refractivity contribution in [2.24, 2.45) is 11.7 Å². The van der Waals surface area contributed by atoms with Gasteiger partial charge in [-0.2, -0.15) is 0 Å². The van der Waals surface area contributed by atoms with Crippen molar-refractivity contribution in [1.82, 2.24) is 30.7 Å². The number of furan rings is 1. The van der Waals surface area contributed by atoms with Crippen LogP contribution >= 0.6 is 15.9 Å². The second kappa shape index (κ2) is 23.9. The summed E-state index contributed by atoms with van der Waals surface area (Å²) in [6.45, 7) is 11.2. The number of anilines is 2. The number of hydrogen-bond acceptors (Lipinski definition) is 13. The number of hydrogen-bond donors (Lipinski definition) is 6. The summed E-state index contributed by atoms with van der Waals surface area (Å²) >= 11 is 3.62. The molecular weight excluding hydrogens is 962 g/mol. The highest BCUT2D eigenvalue weighted by molar-refractivity contribution is 9.09. The Morgan fingerprint density at radius 1 is 0.971 bits per heavy atom. The van der Waals surface area contributed by atoms with Gasteiger partial charge in [-0.3, -0.25) is 19.2 Å². The van der Waals surface area contributed by atoms with E-state index in [2.05, 4.69) is 47.1 Å². The number of esters is 1. The normalized spacial score (nSPS) is 15.7. The number of piperazine rings is 1. The number of aromatic amines is 1. The predicted molar refractivity (Wildman–Crippen MR) is 260 cm³/mol. The Bertz CT molecular complexity index is 2540. The van der Waals surface area contributed by atoms with Gasteiger partial charge in [0.25, 0.3) is 5.91 Å². The van der Waals surface area contributed by atoms with Crippen LogP contribution in [0.3, 0.4) is 0 Å². The Kier molecular flexibility index (Phi) is 18.0. The van der Waals surface area contributed by atoms with Gasteiger partial charge in [0.15, 0.2) is 11.5 Å². The van der Waals surface area contributed by atoms with E-state index in [0.29, 0.717) is 95.8 Å². The number of halogens is 1. The zero-order valence-corrected chi connectivity index (χ0v) is 41.4. The van der Waals surface area contributed by atoms with Gasteiger partial charge in [0.05, 0.1) is 43.7 Å². The number of benzene rings is 2. The number of aryl methyl sites for hydroxylation is 1. The van der Waals surface area contributed by atoms with Gasteiger partial charge in [0, 0.05) is 91.8 Å². The minimum Gasteiger partial charge on any atom is -0.465 e. The number of amides is 7. The highest BCUT2D eigenvalue weighted by Gasteiger charge is 2.39. The lowest BCUT2D eigenvalue weighted by molar-refractivity contribution is -0.132. The molecule has 2 aromatic heterocycles. The first-order valence-corrected chi connectivity index (χ1v) is 24.1. The molecule has 1 saturated heterocycles. The summed E-state index contributed by atoms with van der Waals surface area (Å²) in [5.74, 6) is -3.15. The summed E-state index contributed by atoms with van der Waals surface area (Å²) in [4.78, 5) is 102. The number of alkyl halides is 1. The van der Waals surface area contributed by atoms with Gasteiger partial charge >= 0.3 is 18.1 Å². The van der Waals surface area contributed by atoms with Crippen molar-refractivity contribution in [2.75, 3.05) is 95.4 Å². The average Bonchev–Trinajstić information content (AvgIpc) is 4.02. The summed E-state index contributed by atoms with van der Waals surface area (Å²) in [5.41, 5.74) is 8.22. The Hall–Kier alpha value is -6.23. The molecule has 0 bridgehead atoms.